The maximum absolute atomic E-state index is 12.2. The number of pyridine rings is 1. The third kappa shape index (κ3) is 5.12. The molecule has 0 aliphatic carbocycles. The minimum atomic E-state index is -0.304. The van der Waals surface area contributed by atoms with E-state index in [4.69, 9.17) is 27.8 Å². The van der Waals surface area contributed by atoms with Crippen molar-refractivity contribution < 1.29 is 9.53 Å². The number of halogens is 1. The van der Waals surface area contributed by atoms with Crippen LogP contribution in [0.4, 0.5) is 11.6 Å². The molecule has 0 aliphatic rings. The predicted octanol–water partition coefficient (Wildman–Crippen LogP) is 3.41. The molecule has 0 spiro atoms. The molecule has 0 saturated carbocycles. The Morgan fingerprint density at radius 3 is 2.52 bits per heavy atom. The zero-order valence-corrected chi connectivity index (χ0v) is 15.2. The number of nitrogens with two attached hydrogens (primary N) is 2. The van der Waals surface area contributed by atoms with Gasteiger partial charge in [-0.15, -0.1) is 0 Å². The lowest BCUT2D eigenvalue weighted by Crippen LogP contribution is -2.24. The number of benzene rings is 2. The molecule has 1 aromatic heterocycles. The second kappa shape index (κ2) is 8.42. The van der Waals surface area contributed by atoms with Crippen LogP contribution in [0.1, 0.15) is 21.5 Å². The molecule has 138 valence electrons. The lowest BCUT2D eigenvalue weighted by atomic mass is 10.2. The van der Waals surface area contributed by atoms with Crippen molar-refractivity contribution in [1.82, 2.24) is 10.3 Å². The van der Waals surface area contributed by atoms with E-state index < -0.39 is 0 Å². The molecule has 0 radical (unpaired) electrons. The molecule has 0 aliphatic heterocycles. The maximum atomic E-state index is 12.2. The normalized spacial score (nSPS) is 10.4. The smallest absolute Gasteiger partial charge is 0.255 e. The number of hydrogen-bond donors (Lipinski definition) is 3. The third-order valence-corrected chi connectivity index (χ3v) is 4.10. The first-order valence-electron chi connectivity index (χ1n) is 8.27. The number of nitrogens with zero attached hydrogens (tertiary/aromatic N) is 1. The first kappa shape index (κ1) is 18.5. The van der Waals surface area contributed by atoms with Gasteiger partial charge in [0.2, 0.25) is 0 Å². The van der Waals surface area contributed by atoms with Gasteiger partial charge in [-0.1, -0.05) is 35.9 Å². The molecule has 3 rings (SSSR count). The van der Waals surface area contributed by atoms with Crippen LogP contribution in [-0.2, 0) is 13.2 Å². The van der Waals surface area contributed by atoms with Gasteiger partial charge >= 0.3 is 0 Å². The zero-order chi connectivity index (χ0) is 19.2. The summed E-state index contributed by atoms with van der Waals surface area (Å²) in [6.07, 6.45) is 0. The fraction of sp³-hybridized carbons (Fsp3) is 0.100. The molecular formula is C20H19ClN4O2. The molecule has 7 heteroatoms. The van der Waals surface area contributed by atoms with E-state index in [1.165, 1.54) is 6.07 Å². The highest BCUT2D eigenvalue weighted by atomic mass is 35.5. The van der Waals surface area contributed by atoms with Gasteiger partial charge in [0.25, 0.3) is 5.91 Å². The summed E-state index contributed by atoms with van der Waals surface area (Å²) in [5, 5.41) is 3.48. The van der Waals surface area contributed by atoms with Crippen molar-refractivity contribution in [3.8, 4) is 5.75 Å². The Hall–Kier alpha value is -3.25. The number of rotatable bonds is 6. The van der Waals surface area contributed by atoms with Gasteiger partial charge in [0.1, 0.15) is 24.0 Å². The number of amides is 1. The van der Waals surface area contributed by atoms with Crippen molar-refractivity contribution >= 4 is 29.1 Å². The highest BCUT2D eigenvalue weighted by molar-refractivity contribution is 6.30. The Morgan fingerprint density at radius 2 is 1.81 bits per heavy atom. The van der Waals surface area contributed by atoms with Crippen LogP contribution >= 0.6 is 11.6 Å². The Kier molecular flexibility index (Phi) is 5.78. The number of nitrogens with one attached hydrogen (secondary N) is 1. The summed E-state index contributed by atoms with van der Waals surface area (Å²) in [7, 11) is 0. The average molecular weight is 383 g/mol. The van der Waals surface area contributed by atoms with E-state index in [0.717, 1.165) is 16.9 Å². The van der Waals surface area contributed by atoms with Gasteiger partial charge in [0.05, 0.1) is 5.56 Å². The Balaban J connectivity index is 1.53. The first-order chi connectivity index (χ1) is 13.0. The summed E-state index contributed by atoms with van der Waals surface area (Å²) in [6.45, 7) is 0.789. The van der Waals surface area contributed by atoms with Gasteiger partial charge < -0.3 is 21.5 Å². The summed E-state index contributed by atoms with van der Waals surface area (Å²) in [4.78, 5) is 16.1. The lowest BCUT2D eigenvalue weighted by Gasteiger charge is -2.09. The van der Waals surface area contributed by atoms with Crippen molar-refractivity contribution in [3.63, 3.8) is 0 Å². The molecule has 5 N–H and O–H groups in total. The monoisotopic (exact) mass is 382 g/mol. The molecule has 2 aromatic carbocycles. The number of ether oxygens (including phenoxy) is 1. The summed E-state index contributed by atoms with van der Waals surface area (Å²) < 4.78 is 5.74. The highest BCUT2D eigenvalue weighted by Crippen LogP contribution is 2.17. The third-order valence-electron chi connectivity index (χ3n) is 3.86. The summed E-state index contributed by atoms with van der Waals surface area (Å²) in [5.74, 6) is 0.813. The molecular weight excluding hydrogens is 364 g/mol. The molecule has 0 bridgehead atoms. The number of nitrogen functional groups attached to an aromatic ring is 2. The number of carbonyl (C=O) groups excluding carboxylic acids is 1. The Labute approximate surface area is 162 Å². The minimum Gasteiger partial charge on any atom is -0.489 e. The van der Waals surface area contributed by atoms with E-state index in [1.54, 1.807) is 6.07 Å². The predicted molar refractivity (Wildman–Crippen MR) is 106 cm³/mol. The fourth-order valence-corrected chi connectivity index (χ4v) is 2.67. The Bertz CT molecular complexity index is 945. The fourth-order valence-electron chi connectivity index (χ4n) is 2.46. The van der Waals surface area contributed by atoms with Crippen LogP contribution in [-0.4, -0.2) is 10.9 Å². The van der Waals surface area contributed by atoms with Crippen LogP contribution in [0.3, 0.4) is 0 Å². The van der Waals surface area contributed by atoms with E-state index >= 15 is 0 Å². The second-order valence-electron chi connectivity index (χ2n) is 5.91. The van der Waals surface area contributed by atoms with Gasteiger partial charge in [-0.05, 0) is 47.5 Å². The van der Waals surface area contributed by atoms with Crippen LogP contribution < -0.4 is 21.5 Å². The van der Waals surface area contributed by atoms with Crippen LogP contribution in [0.25, 0.3) is 0 Å². The number of anilines is 2. The van der Waals surface area contributed by atoms with Gasteiger partial charge in [-0.3, -0.25) is 4.79 Å². The number of hydrogen-bond acceptors (Lipinski definition) is 5. The minimum absolute atomic E-state index is 0.109. The summed E-state index contributed by atoms with van der Waals surface area (Å²) >= 11 is 5.96. The first-order valence-corrected chi connectivity index (χ1v) is 8.65. The molecule has 27 heavy (non-hydrogen) atoms. The zero-order valence-electron chi connectivity index (χ0n) is 14.5. The maximum Gasteiger partial charge on any atom is 0.255 e. The second-order valence-corrected chi connectivity index (χ2v) is 6.35. The van der Waals surface area contributed by atoms with E-state index in [0.29, 0.717) is 23.7 Å². The van der Waals surface area contributed by atoms with E-state index in [-0.39, 0.29) is 17.5 Å². The van der Waals surface area contributed by atoms with Gasteiger partial charge in [-0.25, -0.2) is 4.98 Å². The molecule has 0 fully saturated rings. The van der Waals surface area contributed by atoms with Crippen molar-refractivity contribution in [2.45, 2.75) is 13.2 Å². The van der Waals surface area contributed by atoms with Crippen LogP contribution in [0.5, 0.6) is 5.75 Å². The topological polar surface area (TPSA) is 103 Å². The molecule has 1 amide bonds. The standard InChI is InChI=1S/C20H19ClN4O2/c21-15-3-1-2-14(10-15)12-27-16-6-4-13(5-7-16)11-24-20(26)17-8-9-18(22)25-19(17)23/h1-10H,11-12H2,(H,24,26)(H4,22,23,25). The number of carbonyl (C=O) groups is 1. The highest BCUT2D eigenvalue weighted by Gasteiger charge is 2.10. The molecule has 0 unspecified atom stereocenters. The Morgan fingerprint density at radius 1 is 1.04 bits per heavy atom. The van der Waals surface area contributed by atoms with Crippen molar-refractivity contribution in [2.75, 3.05) is 11.5 Å². The average Bonchev–Trinajstić information content (AvgIpc) is 2.65. The lowest BCUT2D eigenvalue weighted by molar-refractivity contribution is 0.0951. The van der Waals surface area contributed by atoms with E-state index in [1.807, 2.05) is 48.5 Å². The van der Waals surface area contributed by atoms with E-state index in [2.05, 4.69) is 10.3 Å². The quantitative estimate of drug-likeness (QED) is 0.606. The van der Waals surface area contributed by atoms with Gasteiger partial charge in [0, 0.05) is 11.6 Å². The molecule has 0 atom stereocenters. The largest absolute Gasteiger partial charge is 0.489 e. The van der Waals surface area contributed by atoms with Crippen molar-refractivity contribution in [2.24, 2.45) is 0 Å². The summed E-state index contributed by atoms with van der Waals surface area (Å²) in [6, 6.07) is 18.1. The van der Waals surface area contributed by atoms with Crippen LogP contribution in [0.2, 0.25) is 5.02 Å². The van der Waals surface area contributed by atoms with Crippen molar-refractivity contribution in [1.29, 1.82) is 0 Å². The molecule has 1 heterocycles. The molecule has 0 saturated heterocycles. The van der Waals surface area contributed by atoms with Crippen LogP contribution in [0.15, 0.2) is 60.7 Å². The van der Waals surface area contributed by atoms with Crippen LogP contribution in [0, 0.1) is 0 Å². The summed E-state index contributed by atoms with van der Waals surface area (Å²) in [5.41, 5.74) is 13.5. The molecule has 6 nitrogen and oxygen atoms in total. The van der Waals surface area contributed by atoms with E-state index in [9.17, 15) is 4.79 Å². The molecule has 3 aromatic rings. The SMILES string of the molecule is Nc1ccc(C(=O)NCc2ccc(OCc3cccc(Cl)c3)cc2)c(N)n1. The number of aromatic nitrogens is 1. The van der Waals surface area contributed by atoms with Crippen molar-refractivity contribution in [3.05, 3.63) is 82.4 Å². The van der Waals surface area contributed by atoms with Gasteiger partial charge in [-0.2, -0.15) is 0 Å². The van der Waals surface area contributed by atoms with Gasteiger partial charge in [0.15, 0.2) is 0 Å².